The fourth-order valence-electron chi connectivity index (χ4n) is 1.48. The number of nitrogens with one attached hydrogen (secondary N) is 1. The van der Waals surface area contributed by atoms with E-state index in [2.05, 4.69) is 4.72 Å². The van der Waals surface area contributed by atoms with Gasteiger partial charge in [0.15, 0.2) is 0 Å². The lowest BCUT2D eigenvalue weighted by molar-refractivity contribution is 0.561. The zero-order valence-electron chi connectivity index (χ0n) is 9.56. The number of anilines is 1. The van der Waals surface area contributed by atoms with Crippen LogP contribution in [0.5, 0.6) is 0 Å². The lowest BCUT2D eigenvalue weighted by Gasteiger charge is -2.10. The third-order valence-electron chi connectivity index (χ3n) is 2.34. The SMILES string of the molecule is Nc1cc(Cl)c(S(=O)(=O)NCc2ccoc2)c(Cl)c1. The fourth-order valence-corrected chi connectivity index (χ4v) is 3.73. The van der Waals surface area contributed by atoms with Gasteiger partial charge in [0.25, 0.3) is 0 Å². The smallest absolute Gasteiger partial charge is 0.243 e. The Bertz CT molecular complexity index is 661. The topological polar surface area (TPSA) is 85.3 Å². The maximum Gasteiger partial charge on any atom is 0.243 e. The monoisotopic (exact) mass is 320 g/mol. The Morgan fingerprint density at radius 1 is 1.26 bits per heavy atom. The van der Waals surface area contributed by atoms with Gasteiger partial charge in [-0.05, 0) is 18.2 Å². The van der Waals surface area contributed by atoms with Crippen molar-refractivity contribution in [3.8, 4) is 0 Å². The van der Waals surface area contributed by atoms with Crippen LogP contribution in [0.1, 0.15) is 5.56 Å². The third kappa shape index (κ3) is 3.22. The summed E-state index contributed by atoms with van der Waals surface area (Å²) in [6, 6.07) is 4.31. The molecule has 102 valence electrons. The molecule has 0 aliphatic carbocycles. The number of nitrogen functional groups attached to an aromatic ring is 1. The van der Waals surface area contributed by atoms with Gasteiger partial charge in [-0.3, -0.25) is 0 Å². The van der Waals surface area contributed by atoms with Crippen molar-refractivity contribution < 1.29 is 12.8 Å². The lowest BCUT2D eigenvalue weighted by atomic mass is 10.3. The molecule has 3 N–H and O–H groups in total. The van der Waals surface area contributed by atoms with Crippen LogP contribution in [0.15, 0.2) is 40.0 Å². The molecule has 0 fully saturated rings. The molecule has 1 aromatic heterocycles. The molecule has 2 aromatic rings. The second kappa shape index (κ2) is 5.42. The summed E-state index contributed by atoms with van der Waals surface area (Å²) in [6.45, 7) is 0.0792. The molecule has 1 heterocycles. The number of benzene rings is 1. The first-order valence-corrected chi connectivity index (χ1v) is 7.39. The molecule has 19 heavy (non-hydrogen) atoms. The molecule has 2 rings (SSSR count). The molecule has 0 radical (unpaired) electrons. The number of hydrogen-bond acceptors (Lipinski definition) is 4. The van der Waals surface area contributed by atoms with Crippen LogP contribution in [0.2, 0.25) is 10.0 Å². The highest BCUT2D eigenvalue weighted by molar-refractivity contribution is 7.89. The molecular formula is C11H10Cl2N2O3S. The van der Waals surface area contributed by atoms with Gasteiger partial charge in [-0.15, -0.1) is 0 Å². The van der Waals surface area contributed by atoms with E-state index in [1.807, 2.05) is 0 Å². The van der Waals surface area contributed by atoms with Crippen molar-refractivity contribution in [3.05, 3.63) is 46.3 Å². The minimum atomic E-state index is -3.83. The molecule has 0 saturated heterocycles. The van der Waals surface area contributed by atoms with Crippen LogP contribution >= 0.6 is 23.2 Å². The van der Waals surface area contributed by atoms with Crippen LogP contribution in [0.4, 0.5) is 5.69 Å². The summed E-state index contributed by atoms with van der Waals surface area (Å²) in [5, 5.41) is -0.0469. The van der Waals surface area contributed by atoms with Crippen LogP contribution in [-0.4, -0.2) is 8.42 Å². The summed E-state index contributed by atoms with van der Waals surface area (Å²) in [7, 11) is -3.83. The van der Waals surface area contributed by atoms with Gasteiger partial charge in [0, 0.05) is 17.8 Å². The van der Waals surface area contributed by atoms with Gasteiger partial charge in [-0.1, -0.05) is 23.2 Å². The second-order valence-corrected chi connectivity index (χ2v) is 6.29. The number of furan rings is 1. The highest BCUT2D eigenvalue weighted by Crippen LogP contribution is 2.31. The first kappa shape index (κ1) is 14.2. The normalized spacial score (nSPS) is 11.7. The molecule has 0 aliphatic rings. The van der Waals surface area contributed by atoms with Crippen molar-refractivity contribution in [1.29, 1.82) is 0 Å². The van der Waals surface area contributed by atoms with E-state index in [4.69, 9.17) is 33.4 Å². The van der Waals surface area contributed by atoms with Gasteiger partial charge in [0.2, 0.25) is 10.0 Å². The van der Waals surface area contributed by atoms with Gasteiger partial charge in [0.1, 0.15) is 4.90 Å². The van der Waals surface area contributed by atoms with Crippen molar-refractivity contribution in [2.75, 3.05) is 5.73 Å². The average Bonchev–Trinajstić information content (AvgIpc) is 2.77. The summed E-state index contributed by atoms with van der Waals surface area (Å²) in [5.41, 5.74) is 6.51. The zero-order chi connectivity index (χ0) is 14.0. The Kier molecular flexibility index (Phi) is 4.05. The Hall–Kier alpha value is -1.21. The molecule has 0 unspecified atom stereocenters. The predicted octanol–water partition coefficient (Wildman–Crippen LogP) is 2.65. The molecule has 0 amide bonds. The van der Waals surface area contributed by atoms with Gasteiger partial charge in [0.05, 0.1) is 22.6 Å². The molecule has 0 aliphatic heterocycles. The van der Waals surface area contributed by atoms with Gasteiger partial charge >= 0.3 is 0 Å². The maximum atomic E-state index is 12.1. The molecule has 0 saturated carbocycles. The van der Waals surface area contributed by atoms with Crippen molar-refractivity contribution >= 4 is 38.9 Å². The number of rotatable bonds is 4. The van der Waals surface area contributed by atoms with Gasteiger partial charge < -0.3 is 10.2 Å². The van der Waals surface area contributed by atoms with E-state index in [0.717, 1.165) is 0 Å². The highest BCUT2D eigenvalue weighted by Gasteiger charge is 2.22. The first-order chi connectivity index (χ1) is 8.90. The van der Waals surface area contributed by atoms with Crippen LogP contribution in [0.3, 0.4) is 0 Å². The zero-order valence-corrected chi connectivity index (χ0v) is 11.9. The van der Waals surface area contributed by atoms with E-state index in [1.54, 1.807) is 6.07 Å². The summed E-state index contributed by atoms with van der Waals surface area (Å²) >= 11 is 11.8. The second-order valence-electron chi connectivity index (χ2n) is 3.77. The largest absolute Gasteiger partial charge is 0.472 e. The van der Waals surface area contributed by atoms with E-state index >= 15 is 0 Å². The molecule has 1 aromatic carbocycles. The highest BCUT2D eigenvalue weighted by atomic mass is 35.5. The van der Waals surface area contributed by atoms with Crippen LogP contribution in [0, 0.1) is 0 Å². The third-order valence-corrected chi connectivity index (χ3v) is 4.66. The summed E-state index contributed by atoms with van der Waals surface area (Å²) in [6.07, 6.45) is 2.89. The lowest BCUT2D eigenvalue weighted by Crippen LogP contribution is -2.23. The molecule has 8 heteroatoms. The maximum absolute atomic E-state index is 12.1. The van der Waals surface area contributed by atoms with Gasteiger partial charge in [-0.2, -0.15) is 0 Å². The summed E-state index contributed by atoms with van der Waals surface area (Å²) in [4.78, 5) is -0.187. The Balaban J connectivity index is 2.29. The minimum absolute atomic E-state index is 0.0234. The standard InChI is InChI=1S/C11H10Cl2N2O3S/c12-9-3-8(14)4-10(13)11(9)19(16,17)15-5-7-1-2-18-6-7/h1-4,6,15H,5,14H2. The average molecular weight is 321 g/mol. The molecule has 0 spiro atoms. The number of sulfonamides is 1. The summed E-state index contributed by atoms with van der Waals surface area (Å²) < 4.78 is 31.5. The molecule has 0 atom stereocenters. The van der Waals surface area contributed by atoms with Crippen LogP contribution in [0.25, 0.3) is 0 Å². The summed E-state index contributed by atoms with van der Waals surface area (Å²) in [5.74, 6) is 0. The first-order valence-electron chi connectivity index (χ1n) is 5.15. The Morgan fingerprint density at radius 3 is 2.42 bits per heavy atom. The van der Waals surface area contributed by atoms with Crippen molar-refractivity contribution in [2.45, 2.75) is 11.4 Å². The molecule has 0 bridgehead atoms. The van der Waals surface area contributed by atoms with Crippen molar-refractivity contribution in [3.63, 3.8) is 0 Å². The quantitative estimate of drug-likeness (QED) is 0.848. The predicted molar refractivity (Wildman–Crippen MR) is 73.6 cm³/mol. The number of hydrogen-bond donors (Lipinski definition) is 2. The number of halogens is 2. The van der Waals surface area contributed by atoms with Crippen molar-refractivity contribution in [2.24, 2.45) is 0 Å². The Morgan fingerprint density at radius 2 is 1.89 bits per heavy atom. The van der Waals surface area contributed by atoms with E-state index in [9.17, 15) is 8.42 Å². The van der Waals surface area contributed by atoms with Gasteiger partial charge in [-0.25, -0.2) is 13.1 Å². The fraction of sp³-hybridized carbons (Fsp3) is 0.0909. The Labute approximate surface area is 120 Å². The van der Waals surface area contributed by atoms with E-state index in [1.165, 1.54) is 24.7 Å². The molecule has 5 nitrogen and oxygen atoms in total. The van der Waals surface area contributed by atoms with Crippen LogP contribution < -0.4 is 10.5 Å². The van der Waals surface area contributed by atoms with Crippen molar-refractivity contribution in [1.82, 2.24) is 4.72 Å². The number of nitrogens with two attached hydrogens (primary N) is 1. The van der Waals surface area contributed by atoms with E-state index in [0.29, 0.717) is 11.3 Å². The van der Waals surface area contributed by atoms with E-state index < -0.39 is 10.0 Å². The van der Waals surface area contributed by atoms with E-state index in [-0.39, 0.29) is 21.5 Å². The molecular weight excluding hydrogens is 311 g/mol. The minimum Gasteiger partial charge on any atom is -0.472 e. The van der Waals surface area contributed by atoms with Crippen LogP contribution in [-0.2, 0) is 16.6 Å².